The zero-order valence-electron chi connectivity index (χ0n) is 10.5. The topological polar surface area (TPSA) is 81.4 Å². The zero-order chi connectivity index (χ0) is 13.9. The molecular weight excluding hydrogens is 324 g/mol. The van der Waals surface area contributed by atoms with E-state index in [0.717, 1.165) is 6.26 Å². The summed E-state index contributed by atoms with van der Waals surface area (Å²) in [7, 11) is -1.76. The molecule has 1 rings (SSSR count). The monoisotopic (exact) mass is 340 g/mol. The Hall–Kier alpha value is -0.440. The summed E-state index contributed by atoms with van der Waals surface area (Å²) in [6.07, 6.45) is 1.50. The van der Waals surface area contributed by atoms with Crippen molar-refractivity contribution in [3.8, 4) is 0 Å². The Balaban J connectivity index is 3.04. The highest BCUT2D eigenvalue weighted by Gasteiger charge is 2.29. The van der Waals surface area contributed by atoms with Gasteiger partial charge in [0, 0.05) is 13.4 Å². The molecule has 0 bridgehead atoms. The fraction of sp³-hybridized carbons (Fsp3) is 0.700. The van der Waals surface area contributed by atoms with Gasteiger partial charge in [0.2, 0.25) is 0 Å². The standard InChI is InChI=1S/C10H17BrN2O4S/c1-7(18(3,15)16)10(14)9-8(11)6-12-13(9)4-5-17-2/h6-7,10,14H,4-5H2,1-3H3. The largest absolute Gasteiger partial charge is 0.385 e. The van der Waals surface area contributed by atoms with Crippen molar-refractivity contribution in [1.82, 2.24) is 9.78 Å². The van der Waals surface area contributed by atoms with Crippen molar-refractivity contribution in [2.45, 2.75) is 24.8 Å². The van der Waals surface area contributed by atoms with Crippen molar-refractivity contribution in [2.24, 2.45) is 0 Å². The van der Waals surface area contributed by atoms with E-state index in [1.807, 2.05) is 0 Å². The van der Waals surface area contributed by atoms with Gasteiger partial charge in [0.05, 0.1) is 34.8 Å². The van der Waals surface area contributed by atoms with Gasteiger partial charge in [-0.05, 0) is 22.9 Å². The van der Waals surface area contributed by atoms with Gasteiger partial charge in [-0.25, -0.2) is 8.42 Å². The van der Waals surface area contributed by atoms with E-state index >= 15 is 0 Å². The lowest BCUT2D eigenvalue weighted by atomic mass is 10.2. The quantitative estimate of drug-likeness (QED) is 0.826. The number of hydrogen-bond donors (Lipinski definition) is 1. The molecule has 1 N–H and O–H groups in total. The number of rotatable bonds is 6. The Kier molecular flexibility index (Phi) is 5.32. The van der Waals surface area contributed by atoms with E-state index in [0.29, 0.717) is 23.3 Å². The van der Waals surface area contributed by atoms with Crippen LogP contribution in [0.5, 0.6) is 0 Å². The molecule has 0 radical (unpaired) electrons. The Labute approximate surface area is 115 Å². The molecule has 6 nitrogen and oxygen atoms in total. The SMILES string of the molecule is COCCn1ncc(Br)c1C(O)C(C)S(C)(=O)=O. The Morgan fingerprint density at radius 1 is 1.61 bits per heavy atom. The predicted octanol–water partition coefficient (Wildman–Crippen LogP) is 0.758. The van der Waals surface area contributed by atoms with Gasteiger partial charge in [0.1, 0.15) is 6.10 Å². The summed E-state index contributed by atoms with van der Waals surface area (Å²) in [5, 5.41) is 13.3. The fourth-order valence-corrected chi connectivity index (χ4v) is 2.61. The number of sulfone groups is 1. The summed E-state index contributed by atoms with van der Waals surface area (Å²) < 4.78 is 30.0. The van der Waals surface area contributed by atoms with E-state index in [-0.39, 0.29) is 0 Å². The first-order valence-electron chi connectivity index (χ1n) is 5.36. The van der Waals surface area contributed by atoms with Crippen molar-refractivity contribution < 1.29 is 18.3 Å². The number of hydrogen-bond acceptors (Lipinski definition) is 5. The van der Waals surface area contributed by atoms with Crippen LogP contribution in [0.25, 0.3) is 0 Å². The summed E-state index contributed by atoms with van der Waals surface area (Å²) in [5.41, 5.74) is 0.449. The van der Waals surface area contributed by atoms with Crippen molar-refractivity contribution in [3.63, 3.8) is 0 Å². The summed E-state index contributed by atoms with van der Waals surface area (Å²) in [6, 6.07) is 0. The van der Waals surface area contributed by atoms with E-state index in [4.69, 9.17) is 4.74 Å². The second-order valence-corrected chi connectivity index (χ2v) is 7.33. The van der Waals surface area contributed by atoms with Gasteiger partial charge in [-0.15, -0.1) is 0 Å². The first-order valence-corrected chi connectivity index (χ1v) is 8.11. The predicted molar refractivity (Wildman–Crippen MR) is 71.1 cm³/mol. The zero-order valence-corrected chi connectivity index (χ0v) is 12.9. The van der Waals surface area contributed by atoms with Gasteiger partial charge in [0.25, 0.3) is 0 Å². The lowest BCUT2D eigenvalue weighted by Crippen LogP contribution is -2.27. The number of halogens is 1. The van der Waals surface area contributed by atoms with Crippen LogP contribution in [0.4, 0.5) is 0 Å². The molecule has 0 saturated heterocycles. The molecular formula is C10H17BrN2O4S. The number of ether oxygens (including phenoxy) is 1. The summed E-state index contributed by atoms with van der Waals surface area (Å²) in [6.45, 7) is 2.35. The third-order valence-electron chi connectivity index (χ3n) is 2.74. The van der Waals surface area contributed by atoms with Crippen molar-refractivity contribution >= 4 is 25.8 Å². The lowest BCUT2D eigenvalue weighted by Gasteiger charge is -2.19. The van der Waals surface area contributed by atoms with Gasteiger partial charge in [-0.2, -0.15) is 5.10 Å². The molecule has 18 heavy (non-hydrogen) atoms. The van der Waals surface area contributed by atoms with E-state index < -0.39 is 21.2 Å². The molecule has 0 fully saturated rings. The maximum absolute atomic E-state index is 11.5. The van der Waals surface area contributed by atoms with Gasteiger partial charge < -0.3 is 9.84 Å². The molecule has 104 valence electrons. The van der Waals surface area contributed by atoms with Crippen LogP contribution < -0.4 is 0 Å². The van der Waals surface area contributed by atoms with Gasteiger partial charge in [0.15, 0.2) is 9.84 Å². The third kappa shape index (κ3) is 3.53. The molecule has 0 aromatic carbocycles. The molecule has 0 aliphatic carbocycles. The maximum Gasteiger partial charge on any atom is 0.152 e. The average molecular weight is 341 g/mol. The minimum absolute atomic E-state index is 0.432. The summed E-state index contributed by atoms with van der Waals surface area (Å²) in [4.78, 5) is 0. The highest BCUT2D eigenvalue weighted by atomic mass is 79.9. The summed E-state index contributed by atoms with van der Waals surface area (Å²) >= 11 is 3.27. The van der Waals surface area contributed by atoms with Crippen LogP contribution in [0.3, 0.4) is 0 Å². The van der Waals surface area contributed by atoms with Crippen LogP contribution in [-0.2, 0) is 21.1 Å². The fourth-order valence-electron chi connectivity index (χ4n) is 1.48. The van der Waals surface area contributed by atoms with Crippen molar-refractivity contribution in [2.75, 3.05) is 20.0 Å². The normalized spacial score (nSPS) is 15.6. The smallest absolute Gasteiger partial charge is 0.152 e. The molecule has 0 spiro atoms. The van der Waals surface area contributed by atoms with E-state index in [2.05, 4.69) is 21.0 Å². The van der Waals surface area contributed by atoms with Crippen LogP contribution in [0, 0.1) is 0 Å². The molecule has 0 amide bonds. The average Bonchev–Trinajstić information content (AvgIpc) is 2.64. The van der Waals surface area contributed by atoms with Gasteiger partial charge >= 0.3 is 0 Å². The number of aliphatic hydroxyl groups excluding tert-OH is 1. The van der Waals surface area contributed by atoms with Crippen LogP contribution in [0.15, 0.2) is 10.7 Å². The molecule has 8 heteroatoms. The Morgan fingerprint density at radius 3 is 2.72 bits per heavy atom. The first kappa shape index (κ1) is 15.6. The molecule has 0 aliphatic rings. The second kappa shape index (κ2) is 6.14. The molecule has 1 aromatic rings. The highest BCUT2D eigenvalue weighted by Crippen LogP contribution is 2.28. The number of methoxy groups -OCH3 is 1. The summed E-state index contributed by atoms with van der Waals surface area (Å²) in [5.74, 6) is 0. The molecule has 0 aliphatic heterocycles. The molecule has 2 atom stereocenters. The van der Waals surface area contributed by atoms with Crippen LogP contribution in [-0.4, -0.2) is 48.5 Å². The highest BCUT2D eigenvalue weighted by molar-refractivity contribution is 9.10. The van der Waals surface area contributed by atoms with E-state index in [9.17, 15) is 13.5 Å². The minimum atomic E-state index is -3.33. The molecule has 1 aromatic heterocycles. The third-order valence-corrected chi connectivity index (χ3v) is 4.96. The number of nitrogens with zero attached hydrogens (tertiary/aromatic N) is 2. The number of aromatic nitrogens is 2. The maximum atomic E-state index is 11.5. The van der Waals surface area contributed by atoms with Crippen molar-refractivity contribution in [1.29, 1.82) is 0 Å². The van der Waals surface area contributed by atoms with Gasteiger partial charge in [-0.3, -0.25) is 4.68 Å². The van der Waals surface area contributed by atoms with E-state index in [1.54, 1.807) is 11.8 Å². The Bertz CT molecular complexity index is 500. The van der Waals surface area contributed by atoms with Crippen molar-refractivity contribution in [3.05, 3.63) is 16.4 Å². The minimum Gasteiger partial charge on any atom is -0.385 e. The molecule has 1 heterocycles. The number of aliphatic hydroxyl groups is 1. The van der Waals surface area contributed by atoms with Crippen LogP contribution in [0.1, 0.15) is 18.7 Å². The Morgan fingerprint density at radius 2 is 2.22 bits per heavy atom. The van der Waals surface area contributed by atoms with E-state index in [1.165, 1.54) is 13.1 Å². The van der Waals surface area contributed by atoms with Crippen LogP contribution >= 0.6 is 15.9 Å². The molecule has 0 saturated carbocycles. The first-order chi connectivity index (χ1) is 8.29. The van der Waals surface area contributed by atoms with Gasteiger partial charge in [-0.1, -0.05) is 0 Å². The van der Waals surface area contributed by atoms with Crippen LogP contribution in [0.2, 0.25) is 0 Å². The second-order valence-electron chi connectivity index (χ2n) is 4.07. The molecule has 2 unspecified atom stereocenters. The lowest BCUT2D eigenvalue weighted by molar-refractivity contribution is 0.151.